The van der Waals surface area contributed by atoms with Crippen molar-refractivity contribution in [2.75, 3.05) is 5.73 Å². The molecular formula is C12H10FN3O3. The normalized spacial score (nSPS) is 10.2. The maximum Gasteiger partial charge on any atom is 0.305 e. The molecule has 1 aromatic carbocycles. The van der Waals surface area contributed by atoms with Crippen molar-refractivity contribution in [2.24, 2.45) is 0 Å². The first-order valence-corrected chi connectivity index (χ1v) is 5.33. The van der Waals surface area contributed by atoms with Gasteiger partial charge in [-0.15, -0.1) is 0 Å². The maximum atomic E-state index is 13.3. The van der Waals surface area contributed by atoms with Crippen LogP contribution in [0.3, 0.4) is 0 Å². The fourth-order valence-electron chi connectivity index (χ4n) is 1.41. The van der Waals surface area contributed by atoms with Crippen molar-refractivity contribution in [3.63, 3.8) is 0 Å². The Labute approximate surface area is 107 Å². The minimum atomic E-state index is -0.932. The SMILES string of the molecule is Nc1ccc(COc2ccc([N+](=O)[O-])c(F)c2)cn1. The maximum absolute atomic E-state index is 13.3. The Bertz CT molecular complexity index is 602. The zero-order valence-electron chi connectivity index (χ0n) is 9.75. The van der Waals surface area contributed by atoms with Crippen molar-refractivity contribution in [3.05, 3.63) is 58.0 Å². The molecule has 0 aliphatic heterocycles. The van der Waals surface area contributed by atoms with Gasteiger partial charge in [-0.1, -0.05) is 6.07 Å². The Morgan fingerprint density at radius 3 is 2.74 bits per heavy atom. The number of rotatable bonds is 4. The number of nitro groups is 1. The Kier molecular flexibility index (Phi) is 3.56. The monoisotopic (exact) mass is 263 g/mol. The summed E-state index contributed by atoms with van der Waals surface area (Å²) in [6, 6.07) is 6.72. The summed E-state index contributed by atoms with van der Waals surface area (Å²) in [6.07, 6.45) is 1.54. The average Bonchev–Trinajstić information content (AvgIpc) is 2.37. The van der Waals surface area contributed by atoms with Crippen molar-refractivity contribution in [2.45, 2.75) is 6.61 Å². The Hall–Kier alpha value is -2.70. The van der Waals surface area contributed by atoms with E-state index in [0.29, 0.717) is 5.82 Å². The van der Waals surface area contributed by atoms with Gasteiger partial charge in [0, 0.05) is 23.9 Å². The molecule has 2 aromatic rings. The Morgan fingerprint density at radius 2 is 2.16 bits per heavy atom. The minimum absolute atomic E-state index is 0.171. The molecule has 0 unspecified atom stereocenters. The lowest BCUT2D eigenvalue weighted by Crippen LogP contribution is -1.99. The van der Waals surface area contributed by atoms with Crippen LogP contribution in [0.4, 0.5) is 15.9 Å². The first kappa shape index (κ1) is 12.7. The fraction of sp³-hybridized carbons (Fsp3) is 0.0833. The summed E-state index contributed by atoms with van der Waals surface area (Å²) in [4.78, 5) is 13.5. The van der Waals surface area contributed by atoms with Gasteiger partial charge >= 0.3 is 5.69 Å². The molecule has 0 saturated heterocycles. The number of nitro benzene ring substituents is 1. The first-order valence-electron chi connectivity index (χ1n) is 5.33. The minimum Gasteiger partial charge on any atom is -0.489 e. The molecular weight excluding hydrogens is 253 g/mol. The van der Waals surface area contributed by atoms with E-state index in [1.54, 1.807) is 12.1 Å². The number of nitrogens with zero attached hydrogens (tertiary/aromatic N) is 2. The molecule has 0 radical (unpaired) electrons. The molecule has 1 heterocycles. The number of pyridine rings is 1. The third-order valence-electron chi connectivity index (χ3n) is 2.37. The van der Waals surface area contributed by atoms with Crippen molar-refractivity contribution < 1.29 is 14.1 Å². The molecule has 2 N–H and O–H groups in total. The highest BCUT2D eigenvalue weighted by molar-refractivity contribution is 5.38. The summed E-state index contributed by atoms with van der Waals surface area (Å²) in [7, 11) is 0. The van der Waals surface area contributed by atoms with Crippen LogP contribution < -0.4 is 10.5 Å². The number of hydrogen-bond donors (Lipinski definition) is 1. The summed E-state index contributed by atoms with van der Waals surface area (Å²) < 4.78 is 18.6. The van der Waals surface area contributed by atoms with E-state index in [0.717, 1.165) is 17.7 Å². The van der Waals surface area contributed by atoms with Gasteiger partial charge < -0.3 is 10.5 Å². The third-order valence-corrected chi connectivity index (χ3v) is 2.37. The summed E-state index contributed by atoms with van der Waals surface area (Å²) in [5, 5.41) is 10.4. The zero-order valence-corrected chi connectivity index (χ0v) is 9.75. The van der Waals surface area contributed by atoms with Crippen molar-refractivity contribution >= 4 is 11.5 Å². The van der Waals surface area contributed by atoms with Crippen LogP contribution in [0.15, 0.2) is 36.5 Å². The van der Waals surface area contributed by atoms with Crippen molar-refractivity contribution in [1.29, 1.82) is 0 Å². The molecule has 2 rings (SSSR count). The molecule has 1 aromatic heterocycles. The standard InChI is InChI=1S/C12H10FN3O3/c13-10-5-9(2-3-11(10)16(17)18)19-7-8-1-4-12(14)15-6-8/h1-6H,7H2,(H2,14,15). The van der Waals surface area contributed by atoms with E-state index >= 15 is 0 Å². The average molecular weight is 263 g/mol. The molecule has 0 bridgehead atoms. The quantitative estimate of drug-likeness (QED) is 0.675. The second-order valence-corrected chi connectivity index (χ2v) is 3.75. The van der Waals surface area contributed by atoms with E-state index in [4.69, 9.17) is 10.5 Å². The lowest BCUT2D eigenvalue weighted by atomic mass is 10.3. The number of hydrogen-bond acceptors (Lipinski definition) is 5. The molecule has 98 valence electrons. The molecule has 6 nitrogen and oxygen atoms in total. The molecule has 0 atom stereocenters. The second kappa shape index (κ2) is 5.30. The topological polar surface area (TPSA) is 91.3 Å². The van der Waals surface area contributed by atoms with Crippen LogP contribution >= 0.6 is 0 Å². The number of halogens is 1. The zero-order chi connectivity index (χ0) is 13.8. The lowest BCUT2D eigenvalue weighted by molar-refractivity contribution is -0.387. The van der Waals surface area contributed by atoms with Gasteiger partial charge in [0.05, 0.1) is 4.92 Å². The largest absolute Gasteiger partial charge is 0.489 e. The molecule has 0 aliphatic carbocycles. The second-order valence-electron chi connectivity index (χ2n) is 3.75. The van der Waals surface area contributed by atoms with E-state index in [9.17, 15) is 14.5 Å². The van der Waals surface area contributed by atoms with Crippen LogP contribution in [0, 0.1) is 15.9 Å². The van der Waals surface area contributed by atoms with Crippen LogP contribution in [0.2, 0.25) is 0 Å². The Morgan fingerprint density at radius 1 is 1.37 bits per heavy atom. The van der Waals surface area contributed by atoms with Gasteiger partial charge in [-0.05, 0) is 12.1 Å². The van der Waals surface area contributed by atoms with E-state index in [1.165, 1.54) is 12.3 Å². The summed E-state index contributed by atoms with van der Waals surface area (Å²) in [5.41, 5.74) is 5.61. The lowest BCUT2D eigenvalue weighted by Gasteiger charge is -2.06. The summed E-state index contributed by atoms with van der Waals surface area (Å²) in [6.45, 7) is 0.171. The van der Waals surface area contributed by atoms with Crippen LogP contribution in [0.1, 0.15) is 5.56 Å². The summed E-state index contributed by atoms with van der Waals surface area (Å²) in [5.74, 6) is -0.331. The van der Waals surface area contributed by atoms with Gasteiger partial charge in [-0.3, -0.25) is 10.1 Å². The first-order chi connectivity index (χ1) is 9.06. The van der Waals surface area contributed by atoms with E-state index < -0.39 is 16.4 Å². The van der Waals surface area contributed by atoms with Gasteiger partial charge in [-0.25, -0.2) is 4.98 Å². The van der Waals surface area contributed by atoms with Crippen LogP contribution in [-0.4, -0.2) is 9.91 Å². The Balaban J connectivity index is 2.06. The van der Waals surface area contributed by atoms with Crippen molar-refractivity contribution in [1.82, 2.24) is 4.98 Å². The van der Waals surface area contributed by atoms with Crippen molar-refractivity contribution in [3.8, 4) is 5.75 Å². The van der Waals surface area contributed by atoms with E-state index in [-0.39, 0.29) is 12.4 Å². The predicted octanol–water partition coefficient (Wildman–Crippen LogP) is 2.29. The molecule has 0 spiro atoms. The van der Waals surface area contributed by atoms with Gasteiger partial charge in [0.15, 0.2) is 0 Å². The van der Waals surface area contributed by atoms with Gasteiger partial charge in [0.1, 0.15) is 18.2 Å². The molecule has 0 amide bonds. The van der Waals surface area contributed by atoms with E-state index in [2.05, 4.69) is 4.98 Å². The van der Waals surface area contributed by atoms with E-state index in [1.807, 2.05) is 0 Å². The fourth-order valence-corrected chi connectivity index (χ4v) is 1.41. The number of ether oxygens (including phenoxy) is 1. The number of nitrogen functional groups attached to an aromatic ring is 1. The summed E-state index contributed by atoms with van der Waals surface area (Å²) >= 11 is 0. The van der Waals surface area contributed by atoms with Crippen LogP contribution in [-0.2, 0) is 6.61 Å². The molecule has 0 fully saturated rings. The number of aromatic nitrogens is 1. The molecule has 0 aliphatic rings. The highest BCUT2D eigenvalue weighted by Gasteiger charge is 2.14. The number of nitrogens with two attached hydrogens (primary N) is 1. The molecule has 19 heavy (non-hydrogen) atoms. The van der Waals surface area contributed by atoms with Gasteiger partial charge in [0.25, 0.3) is 0 Å². The third kappa shape index (κ3) is 3.15. The van der Waals surface area contributed by atoms with Gasteiger partial charge in [-0.2, -0.15) is 4.39 Å². The van der Waals surface area contributed by atoms with Gasteiger partial charge in [0.2, 0.25) is 5.82 Å². The highest BCUT2D eigenvalue weighted by atomic mass is 19.1. The molecule has 7 heteroatoms. The number of benzene rings is 1. The van der Waals surface area contributed by atoms with Crippen LogP contribution in [0.5, 0.6) is 5.75 Å². The number of anilines is 1. The smallest absolute Gasteiger partial charge is 0.305 e. The molecule has 0 saturated carbocycles. The predicted molar refractivity (Wildman–Crippen MR) is 66.0 cm³/mol. The van der Waals surface area contributed by atoms with Crippen LogP contribution in [0.25, 0.3) is 0 Å². The highest BCUT2D eigenvalue weighted by Crippen LogP contribution is 2.22.